The van der Waals surface area contributed by atoms with Gasteiger partial charge in [-0.3, -0.25) is 14.5 Å². The zero-order chi connectivity index (χ0) is 14.0. The van der Waals surface area contributed by atoms with Gasteiger partial charge in [0, 0.05) is 6.54 Å². The first-order valence-corrected chi connectivity index (χ1v) is 7.37. The zero-order valence-corrected chi connectivity index (χ0v) is 12.6. The summed E-state index contributed by atoms with van der Waals surface area (Å²) in [5.41, 5.74) is 0.756. The van der Waals surface area contributed by atoms with Crippen LogP contribution in [0.3, 0.4) is 0 Å². The molecule has 2 amide bonds. The lowest BCUT2D eigenvalue weighted by molar-refractivity contribution is -0.122. The van der Waals surface area contributed by atoms with Crippen LogP contribution in [0.5, 0.6) is 5.75 Å². The molecular formula is C13H12BrNO3S. The lowest BCUT2D eigenvalue weighted by Crippen LogP contribution is -2.28. The van der Waals surface area contributed by atoms with Gasteiger partial charge in [0.25, 0.3) is 11.1 Å². The summed E-state index contributed by atoms with van der Waals surface area (Å²) in [7, 11) is 0. The number of phenols is 1. The van der Waals surface area contributed by atoms with Crippen molar-refractivity contribution in [2.45, 2.75) is 13.3 Å². The number of hydrogen-bond acceptors (Lipinski definition) is 4. The molecule has 1 N–H and O–H groups in total. The highest BCUT2D eigenvalue weighted by atomic mass is 79.9. The van der Waals surface area contributed by atoms with E-state index in [0.29, 0.717) is 15.9 Å². The summed E-state index contributed by atoms with van der Waals surface area (Å²) < 4.78 is 0.550. The summed E-state index contributed by atoms with van der Waals surface area (Å²) in [6, 6.07) is 4.92. The van der Waals surface area contributed by atoms with E-state index >= 15 is 0 Å². The Morgan fingerprint density at radius 2 is 2.16 bits per heavy atom. The molecule has 0 spiro atoms. The number of rotatable bonds is 3. The van der Waals surface area contributed by atoms with Crippen LogP contribution >= 0.6 is 27.7 Å². The van der Waals surface area contributed by atoms with E-state index in [4.69, 9.17) is 0 Å². The first-order valence-electron chi connectivity index (χ1n) is 5.77. The lowest BCUT2D eigenvalue weighted by Gasteiger charge is -2.09. The van der Waals surface area contributed by atoms with Gasteiger partial charge >= 0.3 is 0 Å². The van der Waals surface area contributed by atoms with Gasteiger partial charge in [0.05, 0.1) is 9.38 Å². The van der Waals surface area contributed by atoms with Crippen molar-refractivity contribution in [1.82, 2.24) is 4.90 Å². The monoisotopic (exact) mass is 341 g/mol. The van der Waals surface area contributed by atoms with Crippen molar-refractivity contribution < 1.29 is 14.7 Å². The van der Waals surface area contributed by atoms with Crippen LogP contribution in [-0.4, -0.2) is 27.7 Å². The molecule has 1 fully saturated rings. The predicted octanol–water partition coefficient (Wildman–Crippen LogP) is 3.60. The van der Waals surface area contributed by atoms with Crippen molar-refractivity contribution in [2.24, 2.45) is 0 Å². The smallest absolute Gasteiger partial charge is 0.293 e. The molecule has 4 nitrogen and oxygen atoms in total. The fraction of sp³-hybridized carbons (Fsp3) is 0.231. The molecule has 1 aromatic carbocycles. The molecular weight excluding hydrogens is 330 g/mol. The van der Waals surface area contributed by atoms with E-state index in [2.05, 4.69) is 15.9 Å². The Kier molecular flexibility index (Phi) is 4.31. The molecule has 1 heterocycles. The standard InChI is InChI=1S/C13H12BrNO3S/c1-2-5-15-12(17)11(19-13(15)18)7-8-3-4-10(16)9(14)6-8/h3-4,6-7,16H,2,5H2,1H3/b11-7-. The van der Waals surface area contributed by atoms with Gasteiger partial charge < -0.3 is 5.11 Å². The molecule has 0 radical (unpaired) electrons. The van der Waals surface area contributed by atoms with Gasteiger partial charge in [-0.2, -0.15) is 0 Å². The minimum absolute atomic E-state index is 0.135. The molecule has 1 saturated heterocycles. The predicted molar refractivity (Wildman–Crippen MR) is 78.8 cm³/mol. The van der Waals surface area contributed by atoms with Crippen LogP contribution in [0.4, 0.5) is 4.79 Å². The highest BCUT2D eigenvalue weighted by molar-refractivity contribution is 9.10. The van der Waals surface area contributed by atoms with Crippen LogP contribution in [0.2, 0.25) is 0 Å². The maximum Gasteiger partial charge on any atom is 0.293 e. The van der Waals surface area contributed by atoms with Crippen LogP contribution in [0, 0.1) is 0 Å². The summed E-state index contributed by atoms with van der Waals surface area (Å²) in [5.74, 6) is -0.114. The summed E-state index contributed by atoms with van der Waals surface area (Å²) in [6.07, 6.45) is 2.40. The maximum absolute atomic E-state index is 12.0. The quantitative estimate of drug-likeness (QED) is 0.853. The van der Waals surface area contributed by atoms with E-state index in [0.717, 1.165) is 23.7 Å². The number of phenolic OH excluding ortho intramolecular Hbond substituents is 1. The summed E-state index contributed by atoms with van der Waals surface area (Å²) >= 11 is 4.16. The van der Waals surface area contributed by atoms with Crippen LogP contribution in [0.1, 0.15) is 18.9 Å². The second kappa shape index (κ2) is 5.79. The van der Waals surface area contributed by atoms with Gasteiger partial charge in [-0.15, -0.1) is 0 Å². The number of benzene rings is 1. The summed E-state index contributed by atoms with van der Waals surface area (Å²) in [4.78, 5) is 25.4. The number of hydrogen-bond donors (Lipinski definition) is 1. The molecule has 0 saturated carbocycles. The number of nitrogens with zero attached hydrogens (tertiary/aromatic N) is 1. The second-order valence-electron chi connectivity index (χ2n) is 4.04. The number of thioether (sulfide) groups is 1. The number of carbonyl (C=O) groups is 2. The van der Waals surface area contributed by atoms with Crippen LogP contribution < -0.4 is 0 Å². The van der Waals surface area contributed by atoms with E-state index in [-0.39, 0.29) is 16.9 Å². The maximum atomic E-state index is 12.0. The molecule has 1 aliphatic rings. The summed E-state index contributed by atoms with van der Waals surface area (Å²) in [5, 5.41) is 9.18. The van der Waals surface area contributed by atoms with Crippen LogP contribution in [-0.2, 0) is 4.79 Å². The average Bonchev–Trinajstić information content (AvgIpc) is 2.62. The fourth-order valence-corrected chi connectivity index (χ4v) is 2.94. The van der Waals surface area contributed by atoms with E-state index in [1.165, 1.54) is 11.0 Å². The number of carbonyl (C=O) groups excluding carboxylic acids is 2. The Bertz CT molecular complexity index is 571. The number of halogens is 1. The van der Waals surface area contributed by atoms with Crippen molar-refractivity contribution >= 4 is 44.9 Å². The first kappa shape index (κ1) is 14.1. The molecule has 6 heteroatoms. The van der Waals surface area contributed by atoms with E-state index < -0.39 is 0 Å². The zero-order valence-electron chi connectivity index (χ0n) is 10.2. The minimum atomic E-state index is -0.249. The third-order valence-electron chi connectivity index (χ3n) is 2.59. The third kappa shape index (κ3) is 3.01. The van der Waals surface area contributed by atoms with E-state index in [9.17, 15) is 14.7 Å². The average molecular weight is 342 g/mol. The highest BCUT2D eigenvalue weighted by Crippen LogP contribution is 2.33. The Labute approximate surface area is 123 Å². The van der Waals surface area contributed by atoms with Gasteiger partial charge in [-0.25, -0.2) is 0 Å². The minimum Gasteiger partial charge on any atom is -0.507 e. The lowest BCUT2D eigenvalue weighted by atomic mass is 10.2. The molecule has 100 valence electrons. The molecule has 0 unspecified atom stereocenters. The van der Waals surface area contributed by atoms with Crippen LogP contribution in [0.15, 0.2) is 27.6 Å². The van der Waals surface area contributed by atoms with Crippen LogP contribution in [0.25, 0.3) is 6.08 Å². The largest absolute Gasteiger partial charge is 0.507 e. The molecule has 1 aliphatic heterocycles. The highest BCUT2D eigenvalue weighted by Gasteiger charge is 2.34. The van der Waals surface area contributed by atoms with Crippen molar-refractivity contribution in [3.63, 3.8) is 0 Å². The Morgan fingerprint density at radius 3 is 2.79 bits per heavy atom. The number of imide groups is 1. The molecule has 0 aromatic heterocycles. The van der Waals surface area contributed by atoms with Gasteiger partial charge in [-0.05, 0) is 57.9 Å². The van der Waals surface area contributed by atoms with Gasteiger partial charge in [-0.1, -0.05) is 13.0 Å². The SMILES string of the molecule is CCCN1C(=O)S/C(=C\c2ccc(O)c(Br)c2)C1=O. The Hall–Kier alpha value is -1.27. The molecule has 0 bridgehead atoms. The fourth-order valence-electron chi connectivity index (χ4n) is 1.68. The first-order chi connectivity index (χ1) is 9.02. The van der Waals surface area contributed by atoms with Crippen molar-refractivity contribution in [3.05, 3.63) is 33.1 Å². The van der Waals surface area contributed by atoms with Crippen molar-refractivity contribution in [2.75, 3.05) is 6.54 Å². The van der Waals surface area contributed by atoms with Crippen molar-refractivity contribution in [1.29, 1.82) is 0 Å². The summed E-state index contributed by atoms with van der Waals surface area (Å²) in [6.45, 7) is 2.37. The molecule has 2 rings (SSSR count). The number of aromatic hydroxyl groups is 1. The van der Waals surface area contributed by atoms with Gasteiger partial charge in [0.1, 0.15) is 5.75 Å². The molecule has 1 aromatic rings. The second-order valence-corrected chi connectivity index (χ2v) is 5.89. The van der Waals surface area contributed by atoms with Gasteiger partial charge in [0.2, 0.25) is 0 Å². The van der Waals surface area contributed by atoms with Gasteiger partial charge in [0.15, 0.2) is 0 Å². The van der Waals surface area contributed by atoms with E-state index in [1.807, 2.05) is 6.92 Å². The number of amides is 2. The topological polar surface area (TPSA) is 57.6 Å². The normalized spacial score (nSPS) is 17.6. The Balaban J connectivity index is 2.27. The Morgan fingerprint density at radius 1 is 1.42 bits per heavy atom. The molecule has 0 aliphatic carbocycles. The van der Waals surface area contributed by atoms with E-state index in [1.54, 1.807) is 18.2 Å². The molecule has 0 atom stereocenters. The molecule has 19 heavy (non-hydrogen) atoms. The van der Waals surface area contributed by atoms with Crippen molar-refractivity contribution in [3.8, 4) is 5.75 Å². The third-order valence-corrected chi connectivity index (χ3v) is 4.13.